The summed E-state index contributed by atoms with van der Waals surface area (Å²) in [5, 5.41) is 0. The van der Waals surface area contributed by atoms with Crippen molar-refractivity contribution in [3.05, 3.63) is 0 Å². The van der Waals surface area contributed by atoms with E-state index in [-0.39, 0.29) is 0 Å². The Morgan fingerprint density at radius 2 is 1.59 bits per heavy atom. The fourth-order valence-corrected chi connectivity index (χ4v) is 7.14. The molecule has 0 amide bonds. The molecule has 0 aromatic rings. The smallest absolute Gasteiger partial charge is 0.247 e. The van der Waals surface area contributed by atoms with Gasteiger partial charge in [-0.1, -0.05) is 34.8 Å². The number of hydrogen-bond acceptors (Lipinski definition) is 2. The first-order valence-electron chi connectivity index (χ1n) is 5.44. The lowest BCUT2D eigenvalue weighted by molar-refractivity contribution is 0.614. The quantitative estimate of drug-likeness (QED) is 0.447. The molecule has 17 heavy (non-hydrogen) atoms. The van der Waals surface area contributed by atoms with Crippen LogP contribution >= 0.6 is 41.3 Å². The van der Waals surface area contributed by atoms with Gasteiger partial charge in [0, 0.05) is 32.7 Å². The maximum Gasteiger partial charge on any atom is 0.247 e. The van der Waals surface area contributed by atoms with Gasteiger partial charge >= 0.3 is 0 Å². The number of halogens is 3. The average molecular weight is 334 g/mol. The summed E-state index contributed by atoms with van der Waals surface area (Å²) in [7, 11) is 0. The lowest BCUT2D eigenvalue weighted by Crippen LogP contribution is -2.37. The van der Waals surface area contributed by atoms with E-state index in [4.69, 9.17) is 46.6 Å². The van der Waals surface area contributed by atoms with Crippen molar-refractivity contribution in [3.63, 3.8) is 0 Å². The van der Waals surface area contributed by atoms with Gasteiger partial charge in [0.2, 0.25) is 3.79 Å². The molecule has 3 aliphatic heterocycles. The van der Waals surface area contributed by atoms with Crippen molar-refractivity contribution >= 4 is 58.9 Å². The number of aliphatic imine (C=N–C) groups is 1. The molecule has 0 aromatic carbocycles. The van der Waals surface area contributed by atoms with Gasteiger partial charge in [0.25, 0.3) is 0 Å². The molecule has 0 N–H and O–H groups in total. The van der Waals surface area contributed by atoms with E-state index < -0.39 is 10.3 Å². The number of nitrogens with zero attached hydrogens (tertiary/aromatic N) is 4. The van der Waals surface area contributed by atoms with Crippen LogP contribution in [0.15, 0.2) is 4.99 Å². The minimum Gasteiger partial charge on any atom is -0.304 e. The van der Waals surface area contributed by atoms with E-state index in [0.29, 0.717) is 12.4 Å². The Morgan fingerprint density at radius 1 is 1.06 bits per heavy atom. The largest absolute Gasteiger partial charge is 0.304 e. The van der Waals surface area contributed by atoms with E-state index in [0.717, 1.165) is 32.7 Å². The maximum atomic E-state index is 5.98. The molecule has 3 aliphatic rings. The third-order valence-electron chi connectivity index (χ3n) is 2.97. The van der Waals surface area contributed by atoms with Crippen molar-refractivity contribution in [1.29, 1.82) is 0 Å². The van der Waals surface area contributed by atoms with Crippen LogP contribution in [-0.2, 0) is 11.8 Å². The summed E-state index contributed by atoms with van der Waals surface area (Å²) in [5.74, 6) is 0.532. The molecule has 0 saturated carbocycles. The molecular formula is C8H12Cl3N4PS. The monoisotopic (exact) mass is 332 g/mol. The fraction of sp³-hybridized carbons (Fsp3) is 0.875. The van der Waals surface area contributed by atoms with Gasteiger partial charge in [0.05, 0.1) is 6.54 Å². The minimum absolute atomic E-state index is 0.532. The molecule has 3 rings (SSSR count). The molecule has 0 bridgehead atoms. The molecule has 2 fully saturated rings. The maximum absolute atomic E-state index is 5.98. The third-order valence-corrected chi connectivity index (χ3v) is 8.75. The van der Waals surface area contributed by atoms with Crippen LogP contribution < -0.4 is 0 Å². The zero-order chi connectivity index (χ0) is 12.3. The van der Waals surface area contributed by atoms with Gasteiger partial charge in [0.1, 0.15) is 0 Å². The molecule has 0 unspecified atom stereocenters. The molecule has 0 aromatic heterocycles. The molecule has 3 heterocycles. The van der Waals surface area contributed by atoms with Gasteiger partial charge < -0.3 is 4.67 Å². The van der Waals surface area contributed by atoms with Crippen molar-refractivity contribution in [2.45, 2.75) is 3.79 Å². The average Bonchev–Trinajstić information content (AvgIpc) is 3.11. The highest BCUT2D eigenvalue weighted by molar-refractivity contribution is 8.11. The van der Waals surface area contributed by atoms with Gasteiger partial charge in [-0.2, -0.15) is 0 Å². The van der Waals surface area contributed by atoms with E-state index in [1.54, 1.807) is 0 Å². The lowest BCUT2D eigenvalue weighted by atomic mass is 10.6. The van der Waals surface area contributed by atoms with Crippen molar-refractivity contribution in [3.8, 4) is 0 Å². The Balaban J connectivity index is 1.92. The van der Waals surface area contributed by atoms with Crippen LogP contribution in [0.1, 0.15) is 0 Å². The van der Waals surface area contributed by atoms with E-state index in [9.17, 15) is 0 Å². The predicted molar refractivity (Wildman–Crippen MR) is 76.7 cm³/mol. The molecule has 4 nitrogen and oxygen atoms in total. The molecule has 0 atom stereocenters. The summed E-state index contributed by atoms with van der Waals surface area (Å²) >= 11 is 23.9. The highest BCUT2D eigenvalue weighted by atomic mass is 35.6. The van der Waals surface area contributed by atoms with Crippen LogP contribution in [0, 0.1) is 0 Å². The summed E-state index contributed by atoms with van der Waals surface area (Å²) < 4.78 is 5.24. The van der Waals surface area contributed by atoms with Crippen LogP contribution in [0.4, 0.5) is 0 Å². The van der Waals surface area contributed by atoms with Gasteiger partial charge in [0.15, 0.2) is 12.3 Å². The Bertz CT molecular complexity index is 399. The molecule has 9 heteroatoms. The van der Waals surface area contributed by atoms with Crippen LogP contribution in [0.2, 0.25) is 0 Å². The summed E-state index contributed by atoms with van der Waals surface area (Å²) in [6.45, 7) is 3.76. The molecule has 96 valence electrons. The highest BCUT2D eigenvalue weighted by Gasteiger charge is 2.52. The SMILES string of the molecule is S=P(N1CC1)(N1CC1)N1CCN=C1C(Cl)(Cl)Cl. The first kappa shape index (κ1) is 12.9. The fourth-order valence-electron chi connectivity index (χ4n) is 2.02. The second-order valence-electron chi connectivity index (χ2n) is 4.25. The summed E-state index contributed by atoms with van der Waals surface area (Å²) in [6, 6.07) is 0. The molecule has 0 spiro atoms. The van der Waals surface area contributed by atoms with E-state index in [1.165, 1.54) is 0 Å². The van der Waals surface area contributed by atoms with E-state index in [1.807, 2.05) is 0 Å². The van der Waals surface area contributed by atoms with Gasteiger partial charge in [-0.05, 0) is 11.8 Å². The van der Waals surface area contributed by atoms with E-state index in [2.05, 4.69) is 19.0 Å². The standard InChI is InChI=1S/C8H12Cl3N4PS/c9-8(10,11)7-12-1-2-15(7)16(17,13-3-4-13)14-5-6-14/h1-6H2. The molecule has 0 aliphatic carbocycles. The first-order chi connectivity index (χ1) is 7.94. The third kappa shape index (κ3) is 2.25. The Hall–Kier alpha value is 0.910. The lowest BCUT2D eigenvalue weighted by Gasteiger charge is -2.37. The zero-order valence-corrected chi connectivity index (χ0v) is 13.0. The van der Waals surface area contributed by atoms with Crippen molar-refractivity contribution < 1.29 is 0 Å². The number of hydrogen-bond donors (Lipinski definition) is 0. The van der Waals surface area contributed by atoms with Crippen molar-refractivity contribution in [1.82, 2.24) is 14.0 Å². The summed E-state index contributed by atoms with van der Waals surface area (Å²) in [4.78, 5) is 4.33. The van der Waals surface area contributed by atoms with Gasteiger partial charge in [-0.3, -0.25) is 4.99 Å². The van der Waals surface area contributed by atoms with Crippen LogP contribution in [0.3, 0.4) is 0 Å². The molecular weight excluding hydrogens is 322 g/mol. The normalized spacial score (nSPS) is 26.3. The number of rotatable bonds is 3. The van der Waals surface area contributed by atoms with Crippen molar-refractivity contribution in [2.75, 3.05) is 39.3 Å². The van der Waals surface area contributed by atoms with Gasteiger partial charge in [-0.25, -0.2) is 9.34 Å². The molecule has 2 saturated heterocycles. The Morgan fingerprint density at radius 3 is 2.00 bits per heavy atom. The zero-order valence-electron chi connectivity index (χ0n) is 9.02. The highest BCUT2D eigenvalue weighted by Crippen LogP contribution is 2.64. The summed E-state index contributed by atoms with van der Waals surface area (Å²) in [5.41, 5.74) is 0. The molecule has 0 radical (unpaired) electrons. The van der Waals surface area contributed by atoms with Crippen LogP contribution in [0.5, 0.6) is 0 Å². The second-order valence-corrected chi connectivity index (χ2v) is 10.6. The van der Waals surface area contributed by atoms with Crippen molar-refractivity contribution in [2.24, 2.45) is 4.99 Å². The predicted octanol–water partition coefficient (Wildman–Crippen LogP) is 1.93. The van der Waals surface area contributed by atoms with Crippen LogP contribution in [0.25, 0.3) is 0 Å². The Labute approximate surface area is 121 Å². The number of amidine groups is 1. The topological polar surface area (TPSA) is 21.6 Å². The Kier molecular flexibility index (Phi) is 3.19. The number of alkyl halides is 3. The van der Waals surface area contributed by atoms with E-state index >= 15 is 0 Å². The summed E-state index contributed by atoms with van der Waals surface area (Å²) in [6.07, 6.45) is 0. The first-order valence-corrected chi connectivity index (χ1v) is 9.24. The van der Waals surface area contributed by atoms with Gasteiger partial charge in [-0.15, -0.1) is 0 Å². The van der Waals surface area contributed by atoms with Crippen LogP contribution in [-0.4, -0.2) is 62.9 Å². The minimum atomic E-state index is -1.89. The second kappa shape index (κ2) is 4.20.